The van der Waals surface area contributed by atoms with E-state index in [2.05, 4.69) is 4.98 Å². The fourth-order valence-corrected chi connectivity index (χ4v) is 3.27. The lowest BCUT2D eigenvalue weighted by Gasteiger charge is -2.12. The Morgan fingerprint density at radius 3 is 2.44 bits per heavy atom. The second-order valence-corrected chi connectivity index (χ2v) is 7.80. The van der Waals surface area contributed by atoms with Crippen molar-refractivity contribution in [1.82, 2.24) is 9.71 Å². The first-order valence-corrected chi connectivity index (χ1v) is 9.76. The molecule has 1 amide bonds. The molecule has 8 nitrogen and oxygen atoms in total. The van der Waals surface area contributed by atoms with Crippen LogP contribution in [0.5, 0.6) is 0 Å². The van der Waals surface area contributed by atoms with Gasteiger partial charge in [-0.25, -0.2) is 13.1 Å². The van der Waals surface area contributed by atoms with Crippen molar-refractivity contribution < 1.29 is 27.9 Å². The molecule has 0 saturated carbocycles. The standard InChI is InChI=1S/C17H17ClN2O6S/c1-11(21)26-9-15-7-4-13(8-19-15)17(23)20-27(24,25)10-16(22)12-2-5-14(18)6-3-12/h2-8,16,22H,9-10H2,1H3,(H,20,23). The highest BCUT2D eigenvalue weighted by Gasteiger charge is 2.22. The van der Waals surface area contributed by atoms with Crippen molar-refractivity contribution in [3.63, 3.8) is 0 Å². The van der Waals surface area contributed by atoms with Gasteiger partial charge in [-0.3, -0.25) is 14.6 Å². The molecule has 2 aromatic rings. The molecule has 0 spiro atoms. The van der Waals surface area contributed by atoms with Crippen LogP contribution < -0.4 is 4.72 Å². The molecule has 0 fully saturated rings. The molecule has 0 saturated heterocycles. The number of ether oxygens (including phenoxy) is 1. The van der Waals surface area contributed by atoms with E-state index in [1.165, 1.54) is 49.5 Å². The normalized spacial score (nSPS) is 12.3. The lowest BCUT2D eigenvalue weighted by molar-refractivity contribution is -0.142. The van der Waals surface area contributed by atoms with Crippen LogP contribution in [0.15, 0.2) is 42.6 Å². The van der Waals surface area contributed by atoms with Gasteiger partial charge >= 0.3 is 5.97 Å². The van der Waals surface area contributed by atoms with Crippen molar-refractivity contribution in [2.45, 2.75) is 19.6 Å². The van der Waals surface area contributed by atoms with Crippen molar-refractivity contribution in [3.8, 4) is 0 Å². The highest BCUT2D eigenvalue weighted by molar-refractivity contribution is 7.90. The SMILES string of the molecule is CC(=O)OCc1ccc(C(=O)NS(=O)(=O)CC(O)c2ccc(Cl)cc2)cn1. The van der Waals surface area contributed by atoms with E-state index >= 15 is 0 Å². The minimum Gasteiger partial charge on any atom is -0.459 e. The number of amides is 1. The van der Waals surface area contributed by atoms with Crippen LogP contribution in [-0.4, -0.2) is 36.1 Å². The Bertz CT molecular complexity index is 913. The number of carbonyl (C=O) groups excluding carboxylic acids is 2. The van der Waals surface area contributed by atoms with Gasteiger partial charge in [0.15, 0.2) is 0 Å². The molecule has 2 N–H and O–H groups in total. The highest BCUT2D eigenvalue weighted by Crippen LogP contribution is 2.17. The topological polar surface area (TPSA) is 123 Å². The number of benzene rings is 1. The number of aliphatic hydroxyl groups excluding tert-OH is 1. The van der Waals surface area contributed by atoms with E-state index in [-0.39, 0.29) is 12.2 Å². The minimum absolute atomic E-state index is 0.00568. The van der Waals surface area contributed by atoms with Gasteiger partial charge in [0.2, 0.25) is 10.0 Å². The molecule has 27 heavy (non-hydrogen) atoms. The summed E-state index contributed by atoms with van der Waals surface area (Å²) >= 11 is 5.75. The number of sulfonamides is 1. The molecule has 0 aliphatic carbocycles. The van der Waals surface area contributed by atoms with Crippen LogP contribution in [0.4, 0.5) is 0 Å². The van der Waals surface area contributed by atoms with Gasteiger partial charge in [0, 0.05) is 18.1 Å². The average molecular weight is 413 g/mol. The molecule has 144 valence electrons. The molecule has 1 unspecified atom stereocenters. The number of nitrogens with zero attached hydrogens (tertiary/aromatic N) is 1. The summed E-state index contributed by atoms with van der Waals surface area (Å²) in [6, 6.07) is 8.83. The van der Waals surface area contributed by atoms with Gasteiger partial charge in [-0.05, 0) is 29.8 Å². The summed E-state index contributed by atoms with van der Waals surface area (Å²) in [6.45, 7) is 1.20. The van der Waals surface area contributed by atoms with Crippen LogP contribution in [0.25, 0.3) is 0 Å². The molecule has 1 aromatic heterocycles. The lowest BCUT2D eigenvalue weighted by Crippen LogP contribution is -2.34. The first-order valence-electron chi connectivity index (χ1n) is 7.73. The molecule has 0 bridgehead atoms. The van der Waals surface area contributed by atoms with Gasteiger partial charge in [0.25, 0.3) is 5.91 Å². The van der Waals surface area contributed by atoms with Crippen LogP contribution in [0.3, 0.4) is 0 Å². The second-order valence-electron chi connectivity index (χ2n) is 5.60. The fraction of sp³-hybridized carbons (Fsp3) is 0.235. The minimum atomic E-state index is -4.10. The number of rotatable bonds is 7. The zero-order chi connectivity index (χ0) is 20.0. The first kappa shape index (κ1) is 20.8. The number of aliphatic hydroxyl groups is 1. The third-order valence-corrected chi connectivity index (χ3v) is 4.89. The third kappa shape index (κ3) is 6.63. The Hall–Kier alpha value is -2.49. The quantitative estimate of drug-likeness (QED) is 0.662. The maximum Gasteiger partial charge on any atom is 0.303 e. The molecule has 0 aliphatic heterocycles. The van der Waals surface area contributed by atoms with Crippen molar-refractivity contribution in [1.29, 1.82) is 0 Å². The Balaban J connectivity index is 1.98. The monoisotopic (exact) mass is 412 g/mol. The van der Waals surface area contributed by atoms with Crippen molar-refractivity contribution >= 4 is 33.5 Å². The predicted octanol–water partition coefficient (Wildman–Crippen LogP) is 1.59. The number of hydrogen-bond donors (Lipinski definition) is 2. The summed E-state index contributed by atoms with van der Waals surface area (Å²) in [5.41, 5.74) is 0.766. The van der Waals surface area contributed by atoms with Crippen LogP contribution in [-0.2, 0) is 26.2 Å². The molecule has 10 heteroatoms. The van der Waals surface area contributed by atoms with E-state index < -0.39 is 33.8 Å². The molecule has 1 aromatic carbocycles. The Labute approximate surface area is 161 Å². The first-order chi connectivity index (χ1) is 12.7. The van der Waals surface area contributed by atoms with Crippen molar-refractivity contribution in [2.75, 3.05) is 5.75 Å². The summed E-state index contributed by atoms with van der Waals surface area (Å²) in [7, 11) is -4.10. The van der Waals surface area contributed by atoms with Crippen LogP contribution in [0.1, 0.15) is 34.6 Å². The van der Waals surface area contributed by atoms with Gasteiger partial charge in [0.05, 0.1) is 23.1 Å². The average Bonchev–Trinajstić information content (AvgIpc) is 2.60. The van der Waals surface area contributed by atoms with Crippen LogP contribution >= 0.6 is 11.6 Å². The van der Waals surface area contributed by atoms with E-state index in [4.69, 9.17) is 16.3 Å². The van der Waals surface area contributed by atoms with E-state index in [1.54, 1.807) is 0 Å². The van der Waals surface area contributed by atoms with Crippen LogP contribution in [0, 0.1) is 0 Å². The van der Waals surface area contributed by atoms with Crippen LogP contribution in [0.2, 0.25) is 5.02 Å². The lowest BCUT2D eigenvalue weighted by atomic mass is 10.1. The fourth-order valence-electron chi connectivity index (χ4n) is 2.05. The van der Waals surface area contributed by atoms with E-state index in [9.17, 15) is 23.1 Å². The predicted molar refractivity (Wildman–Crippen MR) is 97.4 cm³/mol. The molecule has 2 rings (SSSR count). The van der Waals surface area contributed by atoms with Gasteiger partial charge in [0.1, 0.15) is 6.61 Å². The highest BCUT2D eigenvalue weighted by atomic mass is 35.5. The van der Waals surface area contributed by atoms with Crippen molar-refractivity contribution in [2.24, 2.45) is 0 Å². The zero-order valence-electron chi connectivity index (χ0n) is 14.3. The number of nitrogens with one attached hydrogen (secondary N) is 1. The Kier molecular flexibility index (Phi) is 6.89. The smallest absolute Gasteiger partial charge is 0.303 e. The number of pyridine rings is 1. The van der Waals surface area contributed by atoms with E-state index in [1.807, 2.05) is 4.72 Å². The summed E-state index contributed by atoms with van der Waals surface area (Å²) in [6.07, 6.45) is -0.156. The molecule has 1 heterocycles. The molecular formula is C17H17ClN2O6S. The van der Waals surface area contributed by atoms with Gasteiger partial charge in [-0.15, -0.1) is 0 Å². The number of aromatic nitrogens is 1. The van der Waals surface area contributed by atoms with E-state index in [0.717, 1.165) is 0 Å². The summed E-state index contributed by atoms with van der Waals surface area (Å²) in [5, 5.41) is 10.5. The number of esters is 1. The largest absolute Gasteiger partial charge is 0.459 e. The zero-order valence-corrected chi connectivity index (χ0v) is 15.8. The number of carbonyl (C=O) groups is 2. The maximum atomic E-state index is 12.1. The van der Waals surface area contributed by atoms with E-state index in [0.29, 0.717) is 16.3 Å². The third-order valence-electron chi connectivity index (χ3n) is 3.39. The molecule has 0 radical (unpaired) electrons. The number of hydrogen-bond acceptors (Lipinski definition) is 7. The van der Waals surface area contributed by atoms with Gasteiger partial charge in [-0.1, -0.05) is 23.7 Å². The summed E-state index contributed by atoms with van der Waals surface area (Å²) in [5.74, 6) is -2.05. The number of halogens is 1. The maximum absolute atomic E-state index is 12.1. The van der Waals surface area contributed by atoms with Crippen molar-refractivity contribution in [3.05, 3.63) is 64.4 Å². The second kappa shape index (κ2) is 8.94. The Morgan fingerprint density at radius 2 is 1.89 bits per heavy atom. The summed E-state index contributed by atoms with van der Waals surface area (Å²) in [4.78, 5) is 26.8. The summed E-state index contributed by atoms with van der Waals surface area (Å²) < 4.78 is 30.9. The van der Waals surface area contributed by atoms with Gasteiger partial charge < -0.3 is 9.84 Å². The Morgan fingerprint density at radius 1 is 1.22 bits per heavy atom. The molecule has 1 atom stereocenters. The molecular weight excluding hydrogens is 396 g/mol. The molecule has 0 aliphatic rings. The van der Waals surface area contributed by atoms with Gasteiger partial charge in [-0.2, -0.15) is 0 Å².